The molecule has 7 nitrogen and oxygen atoms in total. The van der Waals surface area contributed by atoms with Crippen LogP contribution in [0.2, 0.25) is 0 Å². The average Bonchev–Trinajstić information content (AvgIpc) is 3.40. The lowest BCUT2D eigenvalue weighted by molar-refractivity contribution is 0.0744. The highest BCUT2D eigenvalue weighted by atomic mass is 32.1. The van der Waals surface area contributed by atoms with Crippen LogP contribution in [-0.2, 0) is 7.05 Å². The van der Waals surface area contributed by atoms with E-state index < -0.39 is 0 Å². The fourth-order valence-electron chi connectivity index (χ4n) is 4.64. The van der Waals surface area contributed by atoms with E-state index in [1.165, 1.54) is 19.3 Å². The molecule has 5 rings (SSSR count). The SMILES string of the molecule is Cn1cc(C(=O)N2CCN(c3ncnc4ccsc34)CC2)c(C2CCCCC2)n1. The Bertz CT molecular complexity index is 1010. The highest BCUT2D eigenvalue weighted by Crippen LogP contribution is 2.34. The number of hydrogen-bond acceptors (Lipinski definition) is 6. The second-order valence-electron chi connectivity index (χ2n) is 8.05. The van der Waals surface area contributed by atoms with Crippen LogP contribution in [0.1, 0.15) is 54.1 Å². The van der Waals surface area contributed by atoms with E-state index in [9.17, 15) is 4.79 Å². The molecule has 3 aromatic heterocycles. The van der Waals surface area contributed by atoms with Gasteiger partial charge in [0, 0.05) is 45.3 Å². The quantitative estimate of drug-likeness (QED) is 0.662. The minimum absolute atomic E-state index is 0.127. The number of rotatable bonds is 3. The third-order valence-corrected chi connectivity index (χ3v) is 7.07. The van der Waals surface area contributed by atoms with E-state index in [0.29, 0.717) is 19.0 Å². The normalized spacial score (nSPS) is 18.5. The molecule has 1 amide bonds. The van der Waals surface area contributed by atoms with Crippen LogP contribution in [-0.4, -0.2) is 56.7 Å². The van der Waals surface area contributed by atoms with E-state index in [1.54, 1.807) is 17.7 Å². The molecule has 4 heterocycles. The van der Waals surface area contributed by atoms with Crippen molar-refractivity contribution in [1.29, 1.82) is 0 Å². The predicted octanol–water partition coefficient (Wildman–Crippen LogP) is 3.43. The van der Waals surface area contributed by atoms with E-state index in [2.05, 4.69) is 25.3 Å². The molecule has 0 radical (unpaired) electrons. The highest BCUT2D eigenvalue weighted by molar-refractivity contribution is 7.17. The van der Waals surface area contributed by atoms with Crippen LogP contribution in [0.25, 0.3) is 10.2 Å². The van der Waals surface area contributed by atoms with Crippen LogP contribution < -0.4 is 4.90 Å². The Morgan fingerprint density at radius 3 is 2.69 bits per heavy atom. The lowest BCUT2D eigenvalue weighted by atomic mass is 9.85. The molecule has 2 fully saturated rings. The zero-order valence-corrected chi connectivity index (χ0v) is 17.6. The molecule has 3 aromatic rings. The van der Waals surface area contributed by atoms with Gasteiger partial charge in [-0.3, -0.25) is 9.48 Å². The Morgan fingerprint density at radius 2 is 1.90 bits per heavy atom. The van der Waals surface area contributed by atoms with Crippen LogP contribution in [0.3, 0.4) is 0 Å². The van der Waals surface area contributed by atoms with Gasteiger partial charge in [0.1, 0.15) is 12.1 Å². The van der Waals surface area contributed by atoms with Crippen molar-refractivity contribution in [2.45, 2.75) is 38.0 Å². The number of hydrogen-bond donors (Lipinski definition) is 0. The van der Waals surface area contributed by atoms with E-state index in [1.807, 2.05) is 28.9 Å². The first-order valence-corrected chi connectivity index (χ1v) is 11.3. The fourth-order valence-corrected chi connectivity index (χ4v) is 5.50. The Morgan fingerprint density at radius 1 is 1.10 bits per heavy atom. The van der Waals surface area contributed by atoms with Gasteiger partial charge in [0.05, 0.1) is 21.5 Å². The molecule has 2 aliphatic rings. The summed E-state index contributed by atoms with van der Waals surface area (Å²) in [6.45, 7) is 2.98. The number of carbonyl (C=O) groups excluding carboxylic acids is 1. The van der Waals surface area contributed by atoms with Crippen molar-refractivity contribution >= 4 is 33.3 Å². The number of anilines is 1. The predicted molar refractivity (Wildman–Crippen MR) is 115 cm³/mol. The first-order valence-electron chi connectivity index (χ1n) is 10.5. The topological polar surface area (TPSA) is 67.2 Å². The minimum atomic E-state index is 0.127. The van der Waals surface area contributed by atoms with Gasteiger partial charge in [-0.25, -0.2) is 9.97 Å². The molecule has 1 saturated heterocycles. The van der Waals surface area contributed by atoms with Crippen molar-refractivity contribution in [2.75, 3.05) is 31.1 Å². The number of carbonyl (C=O) groups is 1. The zero-order chi connectivity index (χ0) is 19.8. The number of aryl methyl sites for hydroxylation is 1. The average molecular weight is 411 g/mol. The molecule has 1 aliphatic carbocycles. The molecule has 0 atom stereocenters. The van der Waals surface area contributed by atoms with Crippen LogP contribution in [0, 0.1) is 0 Å². The van der Waals surface area contributed by atoms with Gasteiger partial charge in [-0.1, -0.05) is 19.3 Å². The summed E-state index contributed by atoms with van der Waals surface area (Å²) >= 11 is 1.67. The lowest BCUT2D eigenvalue weighted by Gasteiger charge is -2.35. The summed E-state index contributed by atoms with van der Waals surface area (Å²) in [6, 6.07) is 2.03. The van der Waals surface area contributed by atoms with Crippen LogP contribution >= 0.6 is 11.3 Å². The summed E-state index contributed by atoms with van der Waals surface area (Å²) in [6.07, 6.45) is 9.62. The molecule has 0 N–H and O–H groups in total. The Kier molecular flexibility index (Phi) is 4.95. The molecule has 1 aliphatic heterocycles. The summed E-state index contributed by atoms with van der Waals surface area (Å²) in [4.78, 5) is 26.4. The molecule has 0 bridgehead atoms. The van der Waals surface area contributed by atoms with Gasteiger partial charge in [0.2, 0.25) is 0 Å². The molecule has 152 valence electrons. The summed E-state index contributed by atoms with van der Waals surface area (Å²) in [5.41, 5.74) is 2.80. The Labute approximate surface area is 174 Å². The van der Waals surface area contributed by atoms with Crippen molar-refractivity contribution in [2.24, 2.45) is 7.05 Å². The van der Waals surface area contributed by atoms with Gasteiger partial charge in [-0.05, 0) is 24.3 Å². The van der Waals surface area contributed by atoms with Gasteiger partial charge < -0.3 is 9.80 Å². The molecule has 0 unspecified atom stereocenters. The van der Waals surface area contributed by atoms with E-state index in [-0.39, 0.29) is 5.91 Å². The lowest BCUT2D eigenvalue weighted by Crippen LogP contribution is -2.49. The van der Waals surface area contributed by atoms with E-state index >= 15 is 0 Å². The Balaban J connectivity index is 1.31. The summed E-state index contributed by atoms with van der Waals surface area (Å²) in [5.74, 6) is 1.54. The summed E-state index contributed by atoms with van der Waals surface area (Å²) in [5, 5.41) is 6.74. The molecule has 1 saturated carbocycles. The zero-order valence-electron chi connectivity index (χ0n) is 16.8. The van der Waals surface area contributed by atoms with Crippen molar-refractivity contribution in [3.63, 3.8) is 0 Å². The van der Waals surface area contributed by atoms with E-state index in [0.717, 1.165) is 53.2 Å². The smallest absolute Gasteiger partial charge is 0.257 e. The van der Waals surface area contributed by atoms with Gasteiger partial charge in [-0.15, -0.1) is 11.3 Å². The van der Waals surface area contributed by atoms with Crippen molar-refractivity contribution < 1.29 is 4.79 Å². The van der Waals surface area contributed by atoms with Crippen molar-refractivity contribution in [3.05, 3.63) is 35.2 Å². The van der Waals surface area contributed by atoms with Gasteiger partial charge in [0.15, 0.2) is 0 Å². The summed E-state index contributed by atoms with van der Waals surface area (Å²) < 4.78 is 2.93. The number of aromatic nitrogens is 4. The standard InChI is InChI=1S/C21H26N6OS/c1-25-13-16(18(24-25)15-5-3-2-4-6-15)21(28)27-10-8-26(9-11-27)20-19-17(7-12-29-19)22-14-23-20/h7,12-15H,2-6,8-11H2,1H3. The maximum atomic E-state index is 13.3. The molecular formula is C21H26N6OS. The van der Waals surface area contributed by atoms with Gasteiger partial charge in [-0.2, -0.15) is 5.10 Å². The first-order chi connectivity index (χ1) is 14.2. The number of amides is 1. The van der Waals surface area contributed by atoms with Crippen molar-refractivity contribution in [1.82, 2.24) is 24.6 Å². The second-order valence-corrected chi connectivity index (χ2v) is 8.96. The summed E-state index contributed by atoms with van der Waals surface area (Å²) in [7, 11) is 1.92. The third kappa shape index (κ3) is 3.50. The van der Waals surface area contributed by atoms with Crippen LogP contribution in [0.15, 0.2) is 24.0 Å². The number of fused-ring (bicyclic) bond motifs is 1. The third-order valence-electron chi connectivity index (χ3n) is 6.17. The molecule has 0 spiro atoms. The molecule has 8 heteroatoms. The van der Waals surface area contributed by atoms with Crippen LogP contribution in [0.5, 0.6) is 0 Å². The first kappa shape index (κ1) is 18.5. The number of nitrogens with zero attached hydrogens (tertiary/aromatic N) is 6. The van der Waals surface area contributed by atoms with Gasteiger partial charge >= 0.3 is 0 Å². The minimum Gasteiger partial charge on any atom is -0.352 e. The van der Waals surface area contributed by atoms with Gasteiger partial charge in [0.25, 0.3) is 5.91 Å². The largest absolute Gasteiger partial charge is 0.352 e. The van der Waals surface area contributed by atoms with E-state index in [4.69, 9.17) is 0 Å². The maximum Gasteiger partial charge on any atom is 0.257 e. The Hall–Kier alpha value is -2.48. The highest BCUT2D eigenvalue weighted by Gasteiger charge is 2.30. The van der Waals surface area contributed by atoms with Crippen molar-refractivity contribution in [3.8, 4) is 0 Å². The van der Waals surface area contributed by atoms with Crippen LogP contribution in [0.4, 0.5) is 5.82 Å². The monoisotopic (exact) mass is 410 g/mol. The second kappa shape index (κ2) is 7.74. The fraction of sp³-hybridized carbons (Fsp3) is 0.524. The maximum absolute atomic E-state index is 13.3. The number of thiophene rings is 1. The molecule has 29 heavy (non-hydrogen) atoms. The molecular weight excluding hydrogens is 384 g/mol. The number of piperazine rings is 1. The molecule has 0 aromatic carbocycles.